The van der Waals surface area contributed by atoms with Crippen molar-refractivity contribution in [2.24, 2.45) is 0 Å². The van der Waals surface area contributed by atoms with Crippen LogP contribution in [-0.2, 0) is 0 Å². The van der Waals surface area contributed by atoms with Gasteiger partial charge in [-0.1, -0.05) is 29.8 Å². The average Bonchev–Trinajstić information content (AvgIpc) is 3.12. The third kappa shape index (κ3) is 3.77. The van der Waals surface area contributed by atoms with Crippen LogP contribution in [0.4, 0.5) is 5.69 Å². The van der Waals surface area contributed by atoms with Crippen molar-refractivity contribution >= 4 is 11.6 Å². The molecule has 0 bridgehead atoms. The zero-order valence-electron chi connectivity index (χ0n) is 17.6. The van der Waals surface area contributed by atoms with E-state index in [9.17, 15) is 4.79 Å². The molecule has 1 aromatic heterocycles. The van der Waals surface area contributed by atoms with Crippen molar-refractivity contribution in [3.05, 3.63) is 76.6 Å². The van der Waals surface area contributed by atoms with Crippen LogP contribution in [0.1, 0.15) is 32.9 Å². The minimum atomic E-state index is 0.0480. The Bertz CT molecular complexity index is 1030. The molecule has 3 aromatic rings. The summed E-state index contributed by atoms with van der Waals surface area (Å²) in [7, 11) is 0. The van der Waals surface area contributed by atoms with Crippen LogP contribution in [0.15, 0.2) is 48.5 Å². The third-order valence-corrected chi connectivity index (χ3v) is 5.81. The first-order valence-electron chi connectivity index (χ1n) is 10.2. The fraction of sp³-hybridized carbons (Fsp3) is 0.333. The molecule has 0 saturated carbocycles. The molecule has 1 fully saturated rings. The SMILES string of the molecule is Cc1ccc(-n2nc(C)cc2C(=O)N2CCN(c3cccc(C)c3C)CC2)cc1. The molecule has 1 amide bonds. The second kappa shape index (κ2) is 7.74. The number of rotatable bonds is 3. The quantitative estimate of drug-likeness (QED) is 0.679. The molecule has 0 atom stereocenters. The number of amides is 1. The highest BCUT2D eigenvalue weighted by atomic mass is 16.2. The second-order valence-corrected chi connectivity index (χ2v) is 7.92. The second-order valence-electron chi connectivity index (χ2n) is 7.92. The van der Waals surface area contributed by atoms with Gasteiger partial charge in [-0.2, -0.15) is 5.10 Å². The molecule has 1 aliphatic heterocycles. The Morgan fingerprint density at radius 3 is 2.28 bits per heavy atom. The molecule has 1 saturated heterocycles. The monoisotopic (exact) mass is 388 g/mol. The summed E-state index contributed by atoms with van der Waals surface area (Å²) < 4.78 is 1.77. The summed E-state index contributed by atoms with van der Waals surface area (Å²) in [6.45, 7) is 11.4. The van der Waals surface area contributed by atoms with Crippen molar-refractivity contribution in [3.63, 3.8) is 0 Å². The maximum atomic E-state index is 13.3. The molecule has 1 aliphatic rings. The number of carbonyl (C=O) groups excluding carboxylic acids is 1. The predicted molar refractivity (Wildman–Crippen MR) is 117 cm³/mol. The van der Waals surface area contributed by atoms with E-state index in [0.29, 0.717) is 18.8 Å². The van der Waals surface area contributed by atoms with E-state index in [1.807, 2.05) is 42.2 Å². The first-order chi connectivity index (χ1) is 13.9. The maximum Gasteiger partial charge on any atom is 0.272 e. The Labute approximate surface area is 172 Å². The van der Waals surface area contributed by atoms with Crippen LogP contribution in [0.25, 0.3) is 5.69 Å². The summed E-state index contributed by atoms with van der Waals surface area (Å²) in [5.74, 6) is 0.0480. The van der Waals surface area contributed by atoms with Gasteiger partial charge < -0.3 is 9.80 Å². The highest BCUT2D eigenvalue weighted by Gasteiger charge is 2.26. The summed E-state index contributed by atoms with van der Waals surface area (Å²) in [5, 5.41) is 4.57. The third-order valence-electron chi connectivity index (χ3n) is 5.81. The zero-order valence-corrected chi connectivity index (χ0v) is 17.6. The Kier molecular flexibility index (Phi) is 5.14. The summed E-state index contributed by atoms with van der Waals surface area (Å²) in [5.41, 5.74) is 7.49. The van der Waals surface area contributed by atoms with E-state index in [1.54, 1.807) is 4.68 Å². The van der Waals surface area contributed by atoms with Crippen LogP contribution < -0.4 is 4.90 Å². The standard InChI is InChI=1S/C24H28N4O/c1-17-8-10-21(11-9-17)28-23(16-19(3)25-28)24(29)27-14-12-26(13-15-27)22-7-5-6-18(2)20(22)4/h5-11,16H,12-15H2,1-4H3. The van der Waals surface area contributed by atoms with Crippen LogP contribution in [0.2, 0.25) is 0 Å². The van der Waals surface area contributed by atoms with Crippen LogP contribution >= 0.6 is 0 Å². The van der Waals surface area contributed by atoms with Gasteiger partial charge in [0.05, 0.1) is 11.4 Å². The summed E-state index contributed by atoms with van der Waals surface area (Å²) in [6, 6.07) is 16.4. The molecule has 0 aliphatic carbocycles. The minimum absolute atomic E-state index is 0.0480. The van der Waals surface area contributed by atoms with Gasteiger partial charge in [-0.3, -0.25) is 4.79 Å². The van der Waals surface area contributed by atoms with Gasteiger partial charge in [-0.05, 0) is 63.1 Å². The Balaban J connectivity index is 1.52. The van der Waals surface area contributed by atoms with E-state index in [1.165, 1.54) is 22.4 Å². The maximum absolute atomic E-state index is 13.3. The van der Waals surface area contributed by atoms with E-state index in [4.69, 9.17) is 0 Å². The van der Waals surface area contributed by atoms with Gasteiger partial charge in [0.25, 0.3) is 5.91 Å². The number of carbonyl (C=O) groups is 1. The topological polar surface area (TPSA) is 41.4 Å². The number of anilines is 1. The minimum Gasteiger partial charge on any atom is -0.368 e. The van der Waals surface area contributed by atoms with E-state index in [0.717, 1.165) is 24.5 Å². The molecule has 0 N–H and O–H groups in total. The summed E-state index contributed by atoms with van der Waals surface area (Å²) in [4.78, 5) is 17.6. The molecular weight excluding hydrogens is 360 g/mol. The molecular formula is C24H28N4O. The molecule has 4 rings (SSSR count). The van der Waals surface area contributed by atoms with Gasteiger partial charge in [0, 0.05) is 31.9 Å². The molecule has 29 heavy (non-hydrogen) atoms. The van der Waals surface area contributed by atoms with Gasteiger partial charge in [-0.15, -0.1) is 0 Å². The lowest BCUT2D eigenvalue weighted by Gasteiger charge is -2.37. The van der Waals surface area contributed by atoms with Crippen molar-refractivity contribution in [3.8, 4) is 5.69 Å². The number of nitrogens with zero attached hydrogens (tertiary/aromatic N) is 4. The molecule has 0 unspecified atom stereocenters. The normalized spacial score (nSPS) is 14.3. The van der Waals surface area contributed by atoms with Crippen molar-refractivity contribution in [1.29, 1.82) is 0 Å². The lowest BCUT2D eigenvalue weighted by Crippen LogP contribution is -2.49. The van der Waals surface area contributed by atoms with Crippen molar-refractivity contribution in [2.75, 3.05) is 31.1 Å². The van der Waals surface area contributed by atoms with E-state index in [-0.39, 0.29) is 5.91 Å². The van der Waals surface area contributed by atoms with Crippen LogP contribution in [0, 0.1) is 27.7 Å². The molecule has 0 radical (unpaired) electrons. The molecule has 150 valence electrons. The number of hydrogen-bond donors (Lipinski definition) is 0. The summed E-state index contributed by atoms with van der Waals surface area (Å²) >= 11 is 0. The Hall–Kier alpha value is -3.08. The van der Waals surface area contributed by atoms with E-state index < -0.39 is 0 Å². The number of piperazine rings is 1. The highest BCUT2D eigenvalue weighted by molar-refractivity contribution is 5.93. The van der Waals surface area contributed by atoms with E-state index >= 15 is 0 Å². The van der Waals surface area contributed by atoms with Gasteiger partial charge in [-0.25, -0.2) is 4.68 Å². The largest absolute Gasteiger partial charge is 0.368 e. The van der Waals surface area contributed by atoms with Crippen molar-refractivity contribution < 1.29 is 4.79 Å². The van der Waals surface area contributed by atoms with Crippen LogP contribution in [-0.4, -0.2) is 46.8 Å². The van der Waals surface area contributed by atoms with Crippen LogP contribution in [0.3, 0.4) is 0 Å². The Morgan fingerprint density at radius 2 is 1.59 bits per heavy atom. The number of aromatic nitrogens is 2. The van der Waals surface area contributed by atoms with Crippen LogP contribution in [0.5, 0.6) is 0 Å². The highest BCUT2D eigenvalue weighted by Crippen LogP contribution is 2.24. The molecule has 5 heteroatoms. The first-order valence-corrected chi connectivity index (χ1v) is 10.2. The molecule has 2 heterocycles. The molecule has 2 aromatic carbocycles. The zero-order chi connectivity index (χ0) is 20.5. The lowest BCUT2D eigenvalue weighted by molar-refractivity contribution is 0.0737. The number of aryl methyl sites for hydroxylation is 3. The smallest absolute Gasteiger partial charge is 0.272 e. The molecule has 0 spiro atoms. The van der Waals surface area contributed by atoms with Gasteiger partial charge >= 0.3 is 0 Å². The van der Waals surface area contributed by atoms with Gasteiger partial charge in [0.2, 0.25) is 0 Å². The summed E-state index contributed by atoms with van der Waals surface area (Å²) in [6.07, 6.45) is 0. The van der Waals surface area contributed by atoms with Gasteiger partial charge in [0.15, 0.2) is 0 Å². The Morgan fingerprint density at radius 1 is 0.897 bits per heavy atom. The molecule has 5 nitrogen and oxygen atoms in total. The van der Waals surface area contributed by atoms with Crippen molar-refractivity contribution in [2.45, 2.75) is 27.7 Å². The number of hydrogen-bond acceptors (Lipinski definition) is 3. The predicted octanol–water partition coefficient (Wildman–Crippen LogP) is 4.07. The fourth-order valence-corrected chi connectivity index (χ4v) is 3.93. The first kappa shape index (κ1) is 19.2. The van der Waals surface area contributed by atoms with Crippen molar-refractivity contribution in [1.82, 2.24) is 14.7 Å². The lowest BCUT2D eigenvalue weighted by atomic mass is 10.1. The average molecular weight is 389 g/mol. The van der Waals surface area contributed by atoms with E-state index in [2.05, 4.69) is 49.0 Å². The van der Waals surface area contributed by atoms with Gasteiger partial charge in [0.1, 0.15) is 5.69 Å². The fourth-order valence-electron chi connectivity index (χ4n) is 3.93. The number of benzene rings is 2.